The Kier molecular flexibility index (Phi) is 3.91. The lowest BCUT2D eigenvalue weighted by molar-refractivity contribution is -0.121. The van der Waals surface area contributed by atoms with Crippen molar-refractivity contribution in [3.05, 3.63) is 35.4 Å². The van der Waals surface area contributed by atoms with Crippen molar-refractivity contribution in [2.75, 3.05) is 6.54 Å². The molecular formula is C13H18N2O3S. The fourth-order valence-corrected chi connectivity index (χ4v) is 4.30. The number of hydrogen-bond donors (Lipinski definition) is 1. The van der Waals surface area contributed by atoms with Crippen LogP contribution in [0.2, 0.25) is 0 Å². The highest BCUT2D eigenvalue weighted by Gasteiger charge is 2.37. The van der Waals surface area contributed by atoms with Gasteiger partial charge in [0.05, 0.1) is 5.75 Å². The lowest BCUT2D eigenvalue weighted by atomic mass is 10.1. The van der Waals surface area contributed by atoms with Gasteiger partial charge in [-0.1, -0.05) is 24.3 Å². The molecule has 0 radical (unpaired) electrons. The molecule has 0 aromatic heterocycles. The third-order valence-corrected chi connectivity index (χ3v) is 5.32. The number of primary amides is 1. The second-order valence-corrected chi connectivity index (χ2v) is 6.78. The zero-order valence-electron chi connectivity index (χ0n) is 10.9. The van der Waals surface area contributed by atoms with Gasteiger partial charge < -0.3 is 5.73 Å². The Balaban J connectivity index is 2.24. The molecule has 1 saturated heterocycles. The minimum atomic E-state index is -3.50. The van der Waals surface area contributed by atoms with Crippen molar-refractivity contribution < 1.29 is 13.2 Å². The van der Waals surface area contributed by atoms with Crippen LogP contribution >= 0.6 is 0 Å². The second-order valence-electron chi connectivity index (χ2n) is 4.85. The van der Waals surface area contributed by atoms with Crippen molar-refractivity contribution >= 4 is 15.9 Å². The molecule has 5 nitrogen and oxygen atoms in total. The molecule has 1 unspecified atom stereocenters. The van der Waals surface area contributed by atoms with Crippen LogP contribution in [0.5, 0.6) is 0 Å². The first-order valence-corrected chi connectivity index (χ1v) is 7.86. The van der Waals surface area contributed by atoms with Gasteiger partial charge in [0, 0.05) is 6.54 Å². The first-order valence-electron chi connectivity index (χ1n) is 6.25. The van der Waals surface area contributed by atoms with Gasteiger partial charge in [0.1, 0.15) is 6.04 Å². The molecule has 1 atom stereocenters. The second kappa shape index (κ2) is 5.30. The van der Waals surface area contributed by atoms with Crippen molar-refractivity contribution in [3.63, 3.8) is 0 Å². The molecule has 1 amide bonds. The summed E-state index contributed by atoms with van der Waals surface area (Å²) in [5.74, 6) is -0.644. The quantitative estimate of drug-likeness (QED) is 0.886. The molecule has 0 aliphatic carbocycles. The van der Waals surface area contributed by atoms with Gasteiger partial charge in [-0.2, -0.15) is 4.31 Å². The molecule has 19 heavy (non-hydrogen) atoms. The van der Waals surface area contributed by atoms with E-state index in [0.29, 0.717) is 19.4 Å². The van der Waals surface area contributed by atoms with Crippen molar-refractivity contribution in [3.8, 4) is 0 Å². The lowest BCUT2D eigenvalue weighted by Crippen LogP contribution is -2.44. The molecule has 2 N–H and O–H groups in total. The first kappa shape index (κ1) is 14.0. The average Bonchev–Trinajstić information content (AvgIpc) is 2.82. The number of aryl methyl sites for hydroxylation is 1. The van der Waals surface area contributed by atoms with Gasteiger partial charge in [0.2, 0.25) is 15.9 Å². The van der Waals surface area contributed by atoms with Crippen LogP contribution in [0.1, 0.15) is 24.0 Å². The minimum absolute atomic E-state index is 0.0799. The largest absolute Gasteiger partial charge is 0.368 e. The van der Waals surface area contributed by atoms with Crippen molar-refractivity contribution in [1.29, 1.82) is 0 Å². The van der Waals surface area contributed by atoms with Crippen LogP contribution in [-0.4, -0.2) is 31.2 Å². The van der Waals surface area contributed by atoms with Crippen molar-refractivity contribution in [1.82, 2.24) is 4.31 Å². The van der Waals surface area contributed by atoms with Crippen LogP contribution in [0.3, 0.4) is 0 Å². The number of nitrogens with zero attached hydrogens (tertiary/aromatic N) is 1. The number of rotatable bonds is 4. The van der Waals surface area contributed by atoms with Gasteiger partial charge in [-0.25, -0.2) is 8.42 Å². The monoisotopic (exact) mass is 282 g/mol. The number of nitrogens with two attached hydrogens (primary N) is 1. The summed E-state index contributed by atoms with van der Waals surface area (Å²) in [4.78, 5) is 11.3. The number of carbonyl (C=O) groups is 1. The third kappa shape index (κ3) is 2.96. The maximum atomic E-state index is 12.4. The summed E-state index contributed by atoms with van der Waals surface area (Å²) in [6, 6.07) is 6.66. The van der Waals surface area contributed by atoms with E-state index in [1.165, 1.54) is 4.31 Å². The van der Waals surface area contributed by atoms with E-state index in [9.17, 15) is 13.2 Å². The van der Waals surface area contributed by atoms with Crippen molar-refractivity contribution in [2.45, 2.75) is 31.6 Å². The predicted molar refractivity (Wildman–Crippen MR) is 72.7 cm³/mol. The first-order chi connectivity index (χ1) is 8.92. The molecule has 6 heteroatoms. The van der Waals surface area contributed by atoms with E-state index in [4.69, 9.17) is 5.73 Å². The molecule has 0 bridgehead atoms. The van der Waals surface area contributed by atoms with Crippen LogP contribution in [0.25, 0.3) is 0 Å². The normalized spacial score (nSPS) is 20.6. The summed E-state index contributed by atoms with van der Waals surface area (Å²) >= 11 is 0. The molecule has 1 aromatic carbocycles. The Morgan fingerprint density at radius 3 is 2.74 bits per heavy atom. The molecule has 0 saturated carbocycles. The fourth-order valence-electron chi connectivity index (χ4n) is 2.41. The van der Waals surface area contributed by atoms with Gasteiger partial charge in [0.15, 0.2) is 0 Å². The summed E-state index contributed by atoms with van der Waals surface area (Å²) in [7, 11) is -3.50. The van der Waals surface area contributed by atoms with E-state index in [0.717, 1.165) is 11.1 Å². The highest BCUT2D eigenvalue weighted by atomic mass is 32.2. The SMILES string of the molecule is Cc1ccccc1CS(=O)(=O)N1CCCC1C(N)=O. The van der Waals surface area contributed by atoms with Crippen LogP contribution < -0.4 is 5.73 Å². The smallest absolute Gasteiger partial charge is 0.235 e. The summed E-state index contributed by atoms with van der Waals surface area (Å²) in [5, 5.41) is 0. The van der Waals surface area contributed by atoms with E-state index in [-0.39, 0.29) is 5.75 Å². The summed E-state index contributed by atoms with van der Waals surface area (Å²) < 4.78 is 26.0. The number of hydrogen-bond acceptors (Lipinski definition) is 3. The van der Waals surface area contributed by atoms with E-state index in [2.05, 4.69) is 0 Å². The predicted octanol–water partition coefficient (Wildman–Crippen LogP) is 0.775. The Morgan fingerprint density at radius 1 is 1.42 bits per heavy atom. The van der Waals surface area contributed by atoms with E-state index in [1.807, 2.05) is 25.1 Å². The van der Waals surface area contributed by atoms with Gasteiger partial charge in [-0.15, -0.1) is 0 Å². The fraction of sp³-hybridized carbons (Fsp3) is 0.462. The third-order valence-electron chi connectivity index (χ3n) is 3.49. The Hall–Kier alpha value is -1.40. The molecule has 2 rings (SSSR count). The van der Waals surface area contributed by atoms with E-state index < -0.39 is 22.0 Å². The highest BCUT2D eigenvalue weighted by molar-refractivity contribution is 7.88. The van der Waals surface area contributed by atoms with Crippen molar-refractivity contribution in [2.24, 2.45) is 5.73 Å². The molecule has 1 aliphatic rings. The topological polar surface area (TPSA) is 80.5 Å². The zero-order chi connectivity index (χ0) is 14.0. The van der Waals surface area contributed by atoms with Crippen LogP contribution in [0.4, 0.5) is 0 Å². The van der Waals surface area contributed by atoms with Gasteiger partial charge >= 0.3 is 0 Å². The molecule has 1 aromatic rings. The summed E-state index contributed by atoms with van der Waals surface area (Å²) in [5.41, 5.74) is 6.96. The maximum Gasteiger partial charge on any atom is 0.235 e. The number of sulfonamides is 1. The molecule has 0 spiro atoms. The number of amides is 1. The van der Waals surface area contributed by atoms with Gasteiger partial charge in [0.25, 0.3) is 0 Å². The Labute approximate surface area is 113 Å². The maximum absolute atomic E-state index is 12.4. The Morgan fingerprint density at radius 2 is 2.11 bits per heavy atom. The van der Waals surface area contributed by atoms with Crippen LogP contribution in [-0.2, 0) is 20.6 Å². The summed E-state index contributed by atoms with van der Waals surface area (Å²) in [6.45, 7) is 2.25. The number of carbonyl (C=O) groups excluding carboxylic acids is 1. The number of benzene rings is 1. The zero-order valence-corrected chi connectivity index (χ0v) is 11.7. The van der Waals surface area contributed by atoms with E-state index in [1.54, 1.807) is 6.07 Å². The van der Waals surface area contributed by atoms with Gasteiger partial charge in [-0.05, 0) is 30.9 Å². The standard InChI is InChI=1S/C13H18N2O3S/c1-10-5-2-3-6-11(10)9-19(17,18)15-8-4-7-12(15)13(14)16/h2-3,5-6,12H,4,7-9H2,1H3,(H2,14,16). The molecular weight excluding hydrogens is 264 g/mol. The minimum Gasteiger partial charge on any atom is -0.368 e. The lowest BCUT2D eigenvalue weighted by Gasteiger charge is -2.22. The highest BCUT2D eigenvalue weighted by Crippen LogP contribution is 2.24. The van der Waals surface area contributed by atoms with Crippen LogP contribution in [0, 0.1) is 6.92 Å². The van der Waals surface area contributed by atoms with E-state index >= 15 is 0 Å². The molecule has 1 aliphatic heterocycles. The molecule has 1 fully saturated rings. The average molecular weight is 282 g/mol. The van der Waals surface area contributed by atoms with Crippen LogP contribution in [0.15, 0.2) is 24.3 Å². The summed E-state index contributed by atoms with van der Waals surface area (Å²) in [6.07, 6.45) is 1.20. The molecule has 1 heterocycles. The Bertz CT molecular complexity index is 583. The van der Waals surface area contributed by atoms with Gasteiger partial charge in [-0.3, -0.25) is 4.79 Å². The molecule has 104 valence electrons.